The molecule has 5 heteroatoms. The second-order valence-electron chi connectivity index (χ2n) is 4.03. The minimum atomic E-state index is -0.0217. The van der Waals surface area contributed by atoms with Crippen LogP contribution in [0.3, 0.4) is 0 Å². The Bertz CT molecular complexity index is 293. The van der Waals surface area contributed by atoms with Gasteiger partial charge in [0.2, 0.25) is 0 Å². The van der Waals surface area contributed by atoms with Gasteiger partial charge in [0.05, 0.1) is 12.8 Å². The van der Waals surface area contributed by atoms with Crippen molar-refractivity contribution in [2.24, 2.45) is 0 Å². The summed E-state index contributed by atoms with van der Waals surface area (Å²) >= 11 is 0. The van der Waals surface area contributed by atoms with Crippen molar-refractivity contribution >= 4 is 0 Å². The lowest BCUT2D eigenvalue weighted by molar-refractivity contribution is 0.276. The van der Waals surface area contributed by atoms with E-state index in [1.54, 1.807) is 0 Å². The lowest BCUT2D eigenvalue weighted by Crippen LogP contribution is -2.21. The Morgan fingerprint density at radius 3 is 2.73 bits per heavy atom. The van der Waals surface area contributed by atoms with Gasteiger partial charge < -0.3 is 10.0 Å². The standard InChI is InChI=1S/C10H18N4O/c15-9-10-8-14(12-11-10)7-3-6-13-4-1-2-5-13/h8,15H,1-7,9H2. The van der Waals surface area contributed by atoms with Crippen molar-refractivity contribution < 1.29 is 5.11 Å². The monoisotopic (exact) mass is 210 g/mol. The van der Waals surface area contributed by atoms with E-state index in [1.165, 1.54) is 25.9 Å². The molecule has 1 N–H and O–H groups in total. The number of aliphatic hydroxyl groups excluding tert-OH is 1. The van der Waals surface area contributed by atoms with Gasteiger partial charge in [-0.25, -0.2) is 0 Å². The third-order valence-corrected chi connectivity index (χ3v) is 2.81. The number of nitrogens with zero attached hydrogens (tertiary/aromatic N) is 4. The van der Waals surface area contributed by atoms with Crippen LogP contribution in [0.4, 0.5) is 0 Å². The second kappa shape index (κ2) is 5.23. The molecule has 0 amide bonds. The van der Waals surface area contributed by atoms with Crippen LogP contribution in [0.25, 0.3) is 0 Å². The molecule has 0 radical (unpaired) electrons. The smallest absolute Gasteiger partial charge is 0.108 e. The summed E-state index contributed by atoms with van der Waals surface area (Å²) in [6, 6.07) is 0. The Balaban J connectivity index is 1.68. The fraction of sp³-hybridized carbons (Fsp3) is 0.800. The number of hydrogen-bond donors (Lipinski definition) is 1. The Morgan fingerprint density at radius 1 is 1.27 bits per heavy atom. The van der Waals surface area contributed by atoms with E-state index in [2.05, 4.69) is 15.2 Å². The highest BCUT2D eigenvalue weighted by molar-refractivity contribution is 4.88. The average Bonchev–Trinajstić information content (AvgIpc) is 2.88. The topological polar surface area (TPSA) is 54.2 Å². The van der Waals surface area contributed by atoms with Crippen molar-refractivity contribution in [3.63, 3.8) is 0 Å². The van der Waals surface area contributed by atoms with Gasteiger partial charge in [0.1, 0.15) is 5.69 Å². The first-order valence-electron chi connectivity index (χ1n) is 5.61. The fourth-order valence-corrected chi connectivity index (χ4v) is 1.98. The molecule has 15 heavy (non-hydrogen) atoms. The Labute approximate surface area is 89.7 Å². The van der Waals surface area contributed by atoms with E-state index < -0.39 is 0 Å². The van der Waals surface area contributed by atoms with Crippen molar-refractivity contribution in [2.45, 2.75) is 32.4 Å². The predicted octanol–water partition coefficient (Wildman–Crippen LogP) is 0.256. The summed E-state index contributed by atoms with van der Waals surface area (Å²) < 4.78 is 1.81. The molecule has 0 atom stereocenters. The maximum absolute atomic E-state index is 8.82. The van der Waals surface area contributed by atoms with Crippen LogP contribution >= 0.6 is 0 Å². The van der Waals surface area contributed by atoms with Crippen LogP contribution < -0.4 is 0 Å². The molecule has 0 bridgehead atoms. The van der Waals surface area contributed by atoms with Crippen LogP contribution in [-0.2, 0) is 13.2 Å². The third kappa shape index (κ3) is 3.00. The summed E-state index contributed by atoms with van der Waals surface area (Å²) in [5.41, 5.74) is 0.649. The molecule has 84 valence electrons. The first-order valence-corrected chi connectivity index (χ1v) is 5.61. The van der Waals surface area contributed by atoms with E-state index in [1.807, 2.05) is 10.9 Å². The first-order chi connectivity index (χ1) is 7.38. The zero-order valence-corrected chi connectivity index (χ0v) is 8.97. The molecular weight excluding hydrogens is 192 g/mol. The molecule has 1 aromatic heterocycles. The number of aliphatic hydroxyl groups is 1. The number of hydrogen-bond acceptors (Lipinski definition) is 4. The summed E-state index contributed by atoms with van der Waals surface area (Å²) in [5.74, 6) is 0. The molecule has 0 saturated carbocycles. The Hall–Kier alpha value is -0.940. The summed E-state index contributed by atoms with van der Waals surface area (Å²) in [5, 5.41) is 16.6. The van der Waals surface area contributed by atoms with E-state index in [4.69, 9.17) is 5.11 Å². The zero-order chi connectivity index (χ0) is 10.5. The SMILES string of the molecule is OCc1cn(CCCN2CCCC2)nn1. The fourth-order valence-electron chi connectivity index (χ4n) is 1.98. The lowest BCUT2D eigenvalue weighted by atomic mass is 10.4. The van der Waals surface area contributed by atoms with E-state index in [9.17, 15) is 0 Å². The molecule has 5 nitrogen and oxygen atoms in total. The van der Waals surface area contributed by atoms with Gasteiger partial charge in [0.25, 0.3) is 0 Å². The van der Waals surface area contributed by atoms with Crippen molar-refractivity contribution in [2.75, 3.05) is 19.6 Å². The highest BCUT2D eigenvalue weighted by Gasteiger charge is 2.10. The average molecular weight is 210 g/mol. The van der Waals surface area contributed by atoms with Gasteiger partial charge in [-0.3, -0.25) is 4.68 Å². The summed E-state index contributed by atoms with van der Waals surface area (Å²) in [6.07, 6.45) is 5.61. The van der Waals surface area contributed by atoms with Gasteiger partial charge >= 0.3 is 0 Å². The molecule has 1 fully saturated rings. The molecule has 1 aliphatic rings. The molecule has 0 aliphatic carbocycles. The van der Waals surface area contributed by atoms with Crippen molar-refractivity contribution in [3.8, 4) is 0 Å². The quantitative estimate of drug-likeness (QED) is 0.757. The van der Waals surface area contributed by atoms with Gasteiger partial charge in [-0.2, -0.15) is 0 Å². The van der Waals surface area contributed by atoms with Gasteiger partial charge in [0, 0.05) is 6.54 Å². The van der Waals surface area contributed by atoms with Gasteiger partial charge in [-0.05, 0) is 38.9 Å². The van der Waals surface area contributed by atoms with Crippen molar-refractivity contribution in [3.05, 3.63) is 11.9 Å². The summed E-state index contributed by atoms with van der Waals surface area (Å²) in [7, 11) is 0. The second-order valence-corrected chi connectivity index (χ2v) is 4.03. The van der Waals surface area contributed by atoms with Crippen LogP contribution in [0, 0.1) is 0 Å². The molecule has 2 heterocycles. The van der Waals surface area contributed by atoms with Gasteiger partial charge in [-0.15, -0.1) is 5.10 Å². The minimum Gasteiger partial charge on any atom is -0.390 e. The molecule has 0 unspecified atom stereocenters. The maximum atomic E-state index is 8.82. The predicted molar refractivity (Wildman–Crippen MR) is 56.2 cm³/mol. The summed E-state index contributed by atoms with van der Waals surface area (Å²) in [6.45, 7) is 4.52. The van der Waals surface area contributed by atoms with E-state index in [0.29, 0.717) is 5.69 Å². The van der Waals surface area contributed by atoms with Crippen LogP contribution in [-0.4, -0.2) is 44.6 Å². The highest BCUT2D eigenvalue weighted by atomic mass is 16.3. The number of likely N-dealkylation sites (tertiary alicyclic amines) is 1. The van der Waals surface area contributed by atoms with Gasteiger partial charge in [0.15, 0.2) is 0 Å². The molecule has 1 saturated heterocycles. The van der Waals surface area contributed by atoms with E-state index in [-0.39, 0.29) is 6.61 Å². The van der Waals surface area contributed by atoms with Crippen molar-refractivity contribution in [1.82, 2.24) is 19.9 Å². The zero-order valence-electron chi connectivity index (χ0n) is 8.97. The third-order valence-electron chi connectivity index (χ3n) is 2.81. The van der Waals surface area contributed by atoms with Crippen LogP contribution in [0.1, 0.15) is 25.0 Å². The molecular formula is C10H18N4O. The Kier molecular flexibility index (Phi) is 3.69. The molecule has 1 aromatic rings. The highest BCUT2D eigenvalue weighted by Crippen LogP contribution is 2.07. The van der Waals surface area contributed by atoms with Gasteiger partial charge in [-0.1, -0.05) is 5.21 Å². The van der Waals surface area contributed by atoms with Crippen molar-refractivity contribution in [1.29, 1.82) is 0 Å². The Morgan fingerprint density at radius 2 is 2.07 bits per heavy atom. The number of aromatic nitrogens is 3. The van der Waals surface area contributed by atoms with E-state index in [0.717, 1.165) is 19.5 Å². The molecule has 1 aliphatic heterocycles. The van der Waals surface area contributed by atoms with E-state index >= 15 is 0 Å². The minimum absolute atomic E-state index is 0.0217. The number of rotatable bonds is 5. The lowest BCUT2D eigenvalue weighted by Gasteiger charge is -2.13. The maximum Gasteiger partial charge on any atom is 0.108 e. The van der Waals surface area contributed by atoms with Crippen LogP contribution in [0.2, 0.25) is 0 Å². The number of aryl methyl sites for hydroxylation is 1. The molecule has 0 spiro atoms. The largest absolute Gasteiger partial charge is 0.390 e. The molecule has 2 rings (SSSR count). The molecule has 0 aromatic carbocycles. The van der Waals surface area contributed by atoms with Crippen LogP contribution in [0.15, 0.2) is 6.20 Å². The normalized spacial score (nSPS) is 17.4. The van der Waals surface area contributed by atoms with Crippen LogP contribution in [0.5, 0.6) is 0 Å². The summed E-state index contributed by atoms with van der Waals surface area (Å²) in [4.78, 5) is 2.49. The first kappa shape index (κ1) is 10.6.